The van der Waals surface area contributed by atoms with E-state index in [1.165, 1.54) is 0 Å². The monoisotopic (exact) mass is 219 g/mol. The minimum Gasteiger partial charge on any atom is -0.439 e. The zero-order valence-electron chi connectivity index (χ0n) is 9.91. The van der Waals surface area contributed by atoms with Crippen LogP contribution in [0.25, 0.3) is 0 Å². The van der Waals surface area contributed by atoms with Gasteiger partial charge in [-0.2, -0.15) is 0 Å². The highest BCUT2D eigenvalue weighted by Crippen LogP contribution is 2.14. The molecule has 0 amide bonds. The van der Waals surface area contributed by atoms with E-state index in [2.05, 4.69) is 11.9 Å². The van der Waals surface area contributed by atoms with E-state index < -0.39 is 0 Å². The number of benzene rings is 1. The Labute approximate surface area is 96.1 Å². The molecule has 0 saturated carbocycles. The maximum absolute atomic E-state index is 11.3. The second-order valence-electron chi connectivity index (χ2n) is 3.79. The lowest BCUT2D eigenvalue weighted by atomic mass is 10.2. The van der Waals surface area contributed by atoms with E-state index in [-0.39, 0.29) is 12.2 Å². The molecule has 0 heterocycles. The summed E-state index contributed by atoms with van der Waals surface area (Å²) in [5.41, 5.74) is 2.48. The number of esters is 1. The van der Waals surface area contributed by atoms with Crippen LogP contribution in [0.3, 0.4) is 0 Å². The Kier molecular flexibility index (Phi) is 4.11. The summed E-state index contributed by atoms with van der Waals surface area (Å²) < 4.78 is 5.12. The first-order chi connectivity index (χ1) is 7.50. The summed E-state index contributed by atoms with van der Waals surface area (Å²) in [5, 5.41) is 3.11. The Morgan fingerprint density at radius 1 is 1.44 bits per heavy atom. The van der Waals surface area contributed by atoms with Crippen LogP contribution in [-0.2, 0) is 9.53 Å². The highest BCUT2D eigenvalue weighted by atomic mass is 16.6. The number of para-hydroxylation sites is 1. The second-order valence-corrected chi connectivity index (χ2v) is 3.79. The summed E-state index contributed by atoms with van der Waals surface area (Å²) in [5.74, 6) is -0.381. The van der Waals surface area contributed by atoms with Crippen molar-refractivity contribution in [2.75, 3.05) is 5.32 Å². The number of aryl methyl sites for hydroxylation is 1. The number of ether oxygens (including phenoxy) is 1. The van der Waals surface area contributed by atoms with Gasteiger partial charge in [0.15, 0.2) is 6.23 Å². The lowest BCUT2D eigenvalue weighted by molar-refractivity contribution is -0.142. The van der Waals surface area contributed by atoms with E-state index in [9.17, 15) is 4.79 Å². The largest absolute Gasteiger partial charge is 0.439 e. The summed E-state index contributed by atoms with van der Waals surface area (Å²) >= 11 is 0. The summed E-state index contributed by atoms with van der Waals surface area (Å²) in [4.78, 5) is 11.3. The van der Waals surface area contributed by atoms with Crippen LogP contribution in [0, 0.1) is 6.92 Å². The quantitative estimate of drug-likeness (QED) is 0.480. The predicted octanol–water partition coefficient (Wildman–Crippen LogP) is 2.87. The molecule has 0 fully saturated rings. The molecule has 0 aliphatic rings. The van der Waals surface area contributed by atoms with Gasteiger partial charge in [0.05, 0.1) is 0 Å². The maximum atomic E-state index is 11.3. The molecule has 0 saturated heterocycles. The fourth-order valence-electron chi connectivity index (χ4n) is 1.24. The fraction of sp³-hybridized carbons (Fsp3) is 0.308. The molecular formula is C13H17NO2. The number of hydrogen-bond acceptors (Lipinski definition) is 3. The Balaban J connectivity index is 2.58. The number of carbonyl (C=O) groups is 1. The molecule has 0 bridgehead atoms. The van der Waals surface area contributed by atoms with Gasteiger partial charge in [0.2, 0.25) is 0 Å². The predicted molar refractivity (Wildman–Crippen MR) is 65.2 cm³/mol. The SMILES string of the molecule is C=C(C)C(=O)OC(C)Nc1ccccc1C. The minimum atomic E-state index is -0.381. The van der Waals surface area contributed by atoms with Crippen molar-refractivity contribution in [1.29, 1.82) is 0 Å². The normalized spacial score (nSPS) is 11.7. The van der Waals surface area contributed by atoms with E-state index in [0.717, 1.165) is 11.3 Å². The van der Waals surface area contributed by atoms with Gasteiger partial charge >= 0.3 is 5.97 Å². The molecule has 1 aromatic carbocycles. The molecule has 16 heavy (non-hydrogen) atoms. The molecular weight excluding hydrogens is 202 g/mol. The molecule has 0 spiro atoms. The van der Waals surface area contributed by atoms with Gasteiger partial charge in [-0.3, -0.25) is 0 Å². The average Bonchev–Trinajstić information content (AvgIpc) is 2.21. The van der Waals surface area contributed by atoms with Gasteiger partial charge < -0.3 is 10.1 Å². The van der Waals surface area contributed by atoms with E-state index in [0.29, 0.717) is 5.57 Å². The molecule has 1 N–H and O–H groups in total. The molecule has 0 aliphatic heterocycles. The topological polar surface area (TPSA) is 38.3 Å². The number of hydrogen-bond donors (Lipinski definition) is 1. The van der Waals surface area contributed by atoms with Crippen molar-refractivity contribution >= 4 is 11.7 Å². The van der Waals surface area contributed by atoms with Crippen LogP contribution >= 0.6 is 0 Å². The summed E-state index contributed by atoms with van der Waals surface area (Å²) in [6.45, 7) is 8.94. The van der Waals surface area contributed by atoms with Gasteiger partial charge in [0.1, 0.15) is 0 Å². The molecule has 3 heteroatoms. The number of nitrogens with one attached hydrogen (secondary N) is 1. The van der Waals surface area contributed by atoms with Crippen LogP contribution < -0.4 is 5.32 Å². The van der Waals surface area contributed by atoms with Gasteiger partial charge in [-0.05, 0) is 32.4 Å². The van der Waals surface area contributed by atoms with Crippen molar-refractivity contribution in [3.8, 4) is 0 Å². The Bertz CT molecular complexity index is 399. The van der Waals surface area contributed by atoms with Gasteiger partial charge in [0.25, 0.3) is 0 Å². The van der Waals surface area contributed by atoms with Crippen molar-refractivity contribution in [1.82, 2.24) is 0 Å². The Hall–Kier alpha value is -1.77. The second kappa shape index (κ2) is 5.35. The van der Waals surface area contributed by atoms with Crippen molar-refractivity contribution in [2.24, 2.45) is 0 Å². The first kappa shape index (κ1) is 12.3. The lowest BCUT2D eigenvalue weighted by Crippen LogP contribution is -2.23. The van der Waals surface area contributed by atoms with Crippen LogP contribution in [0.15, 0.2) is 36.4 Å². The first-order valence-corrected chi connectivity index (χ1v) is 5.19. The van der Waals surface area contributed by atoms with Crippen molar-refractivity contribution in [3.05, 3.63) is 42.0 Å². The van der Waals surface area contributed by atoms with Gasteiger partial charge in [-0.15, -0.1) is 0 Å². The fourth-order valence-corrected chi connectivity index (χ4v) is 1.24. The molecule has 1 unspecified atom stereocenters. The van der Waals surface area contributed by atoms with Crippen molar-refractivity contribution < 1.29 is 9.53 Å². The van der Waals surface area contributed by atoms with Crippen LogP contribution in [-0.4, -0.2) is 12.2 Å². The van der Waals surface area contributed by atoms with Gasteiger partial charge in [-0.25, -0.2) is 4.79 Å². The third kappa shape index (κ3) is 3.42. The highest BCUT2D eigenvalue weighted by Gasteiger charge is 2.09. The molecule has 86 valence electrons. The summed E-state index contributed by atoms with van der Waals surface area (Å²) in [7, 11) is 0. The molecule has 0 aliphatic carbocycles. The minimum absolute atomic E-state index is 0.370. The maximum Gasteiger partial charge on any atom is 0.335 e. The summed E-state index contributed by atoms with van der Waals surface area (Å²) in [6, 6.07) is 7.84. The highest BCUT2D eigenvalue weighted by molar-refractivity contribution is 5.87. The molecule has 1 aromatic rings. The van der Waals surface area contributed by atoms with E-state index in [4.69, 9.17) is 4.74 Å². The van der Waals surface area contributed by atoms with Gasteiger partial charge in [-0.1, -0.05) is 24.8 Å². The molecule has 1 atom stereocenters. The average molecular weight is 219 g/mol. The van der Waals surface area contributed by atoms with Crippen molar-refractivity contribution in [2.45, 2.75) is 27.0 Å². The number of rotatable bonds is 4. The number of anilines is 1. The van der Waals surface area contributed by atoms with Gasteiger partial charge in [0, 0.05) is 11.3 Å². The van der Waals surface area contributed by atoms with E-state index >= 15 is 0 Å². The molecule has 0 radical (unpaired) electrons. The van der Waals surface area contributed by atoms with E-state index in [1.54, 1.807) is 13.8 Å². The van der Waals surface area contributed by atoms with Crippen LogP contribution in [0.5, 0.6) is 0 Å². The Morgan fingerprint density at radius 3 is 2.62 bits per heavy atom. The standard InChI is InChI=1S/C13H17NO2/c1-9(2)13(15)16-11(4)14-12-8-6-5-7-10(12)3/h5-8,11,14H,1H2,2-4H3. The first-order valence-electron chi connectivity index (χ1n) is 5.19. The third-order valence-corrected chi connectivity index (χ3v) is 2.14. The van der Waals surface area contributed by atoms with Crippen LogP contribution in [0.2, 0.25) is 0 Å². The smallest absolute Gasteiger partial charge is 0.335 e. The zero-order chi connectivity index (χ0) is 12.1. The number of carbonyl (C=O) groups excluding carboxylic acids is 1. The molecule has 3 nitrogen and oxygen atoms in total. The van der Waals surface area contributed by atoms with Crippen molar-refractivity contribution in [3.63, 3.8) is 0 Å². The zero-order valence-corrected chi connectivity index (χ0v) is 9.91. The Morgan fingerprint density at radius 2 is 2.06 bits per heavy atom. The van der Waals surface area contributed by atoms with Crippen LogP contribution in [0.1, 0.15) is 19.4 Å². The molecule has 0 aromatic heterocycles. The third-order valence-electron chi connectivity index (χ3n) is 2.14. The lowest BCUT2D eigenvalue weighted by Gasteiger charge is -2.17. The van der Waals surface area contributed by atoms with Crippen LogP contribution in [0.4, 0.5) is 5.69 Å². The summed E-state index contributed by atoms with van der Waals surface area (Å²) in [6.07, 6.45) is -0.370. The molecule has 1 rings (SSSR count). The van der Waals surface area contributed by atoms with E-state index in [1.807, 2.05) is 31.2 Å².